The van der Waals surface area contributed by atoms with Crippen LogP contribution in [-0.4, -0.2) is 61.0 Å². The highest BCUT2D eigenvalue weighted by Gasteiger charge is 2.24. The fourth-order valence-corrected chi connectivity index (χ4v) is 3.35. The van der Waals surface area contributed by atoms with Crippen molar-refractivity contribution in [1.82, 2.24) is 20.4 Å². The van der Waals surface area contributed by atoms with Gasteiger partial charge in [-0.3, -0.25) is 9.69 Å². The van der Waals surface area contributed by atoms with Crippen molar-refractivity contribution < 1.29 is 9.59 Å². The summed E-state index contributed by atoms with van der Waals surface area (Å²) in [6, 6.07) is 10.3. The number of piperidine rings is 1. The molecule has 1 heterocycles. The third kappa shape index (κ3) is 5.46. The lowest BCUT2D eigenvalue weighted by Gasteiger charge is -2.32. The van der Waals surface area contributed by atoms with Gasteiger partial charge in [0, 0.05) is 32.6 Å². The van der Waals surface area contributed by atoms with Crippen LogP contribution in [0.15, 0.2) is 30.3 Å². The monoisotopic (exact) mass is 346 g/mol. The number of amides is 3. The number of hydrogen-bond acceptors (Lipinski definition) is 3. The van der Waals surface area contributed by atoms with E-state index in [4.69, 9.17) is 0 Å². The molecule has 0 aromatic heterocycles. The second-order valence-corrected chi connectivity index (χ2v) is 6.51. The maximum absolute atomic E-state index is 12.3. The molecule has 2 atom stereocenters. The molecule has 0 radical (unpaired) electrons. The number of carbonyl (C=O) groups excluding carboxylic acids is 2. The maximum Gasteiger partial charge on any atom is 0.315 e. The lowest BCUT2D eigenvalue weighted by molar-refractivity contribution is -0.132. The fourth-order valence-electron chi connectivity index (χ4n) is 3.35. The molecule has 0 spiro atoms. The van der Waals surface area contributed by atoms with Crippen LogP contribution in [-0.2, 0) is 4.79 Å². The quantitative estimate of drug-likeness (QED) is 0.794. The van der Waals surface area contributed by atoms with E-state index < -0.39 is 0 Å². The van der Waals surface area contributed by atoms with Crippen molar-refractivity contribution in [2.75, 3.05) is 33.2 Å². The smallest absolute Gasteiger partial charge is 0.315 e. The molecule has 138 valence electrons. The van der Waals surface area contributed by atoms with Crippen LogP contribution in [0.5, 0.6) is 0 Å². The number of hydrogen-bond donors (Lipinski definition) is 2. The van der Waals surface area contributed by atoms with Crippen molar-refractivity contribution in [1.29, 1.82) is 0 Å². The second-order valence-electron chi connectivity index (χ2n) is 6.51. The molecule has 1 aromatic rings. The zero-order valence-corrected chi connectivity index (χ0v) is 15.5. The van der Waals surface area contributed by atoms with E-state index in [0.29, 0.717) is 25.9 Å². The first-order chi connectivity index (χ1) is 12.0. The number of likely N-dealkylation sites (tertiary alicyclic amines) is 1. The lowest BCUT2D eigenvalue weighted by Crippen LogP contribution is -2.52. The van der Waals surface area contributed by atoms with Gasteiger partial charge in [-0.2, -0.15) is 0 Å². The minimum atomic E-state index is -0.166. The van der Waals surface area contributed by atoms with Crippen LogP contribution < -0.4 is 10.6 Å². The SMILES string of the molecule is CCN(CC)C(CNC(=O)NC1CCC(=O)N(C)C1)c1ccccc1. The number of rotatable bonds is 7. The van der Waals surface area contributed by atoms with Crippen molar-refractivity contribution >= 4 is 11.9 Å². The van der Waals surface area contributed by atoms with Gasteiger partial charge in [-0.1, -0.05) is 44.2 Å². The van der Waals surface area contributed by atoms with Gasteiger partial charge < -0.3 is 15.5 Å². The van der Waals surface area contributed by atoms with Crippen LogP contribution in [0.25, 0.3) is 0 Å². The molecule has 3 amide bonds. The van der Waals surface area contributed by atoms with E-state index in [1.165, 1.54) is 5.56 Å². The molecule has 1 saturated heterocycles. The molecule has 25 heavy (non-hydrogen) atoms. The third-order valence-electron chi connectivity index (χ3n) is 4.86. The predicted octanol–water partition coefficient (Wildman–Crippen LogP) is 1.99. The number of likely N-dealkylation sites (N-methyl/N-ethyl adjacent to an activating group) is 2. The molecule has 1 aromatic carbocycles. The average molecular weight is 346 g/mol. The first-order valence-electron chi connectivity index (χ1n) is 9.12. The molecule has 0 saturated carbocycles. The zero-order chi connectivity index (χ0) is 18.2. The van der Waals surface area contributed by atoms with Gasteiger partial charge in [-0.25, -0.2) is 4.79 Å². The molecule has 1 aliphatic heterocycles. The van der Waals surface area contributed by atoms with E-state index in [2.05, 4.69) is 41.5 Å². The lowest BCUT2D eigenvalue weighted by atomic mass is 10.0. The molecule has 2 unspecified atom stereocenters. The normalized spacial score (nSPS) is 19.0. The Morgan fingerprint density at radius 2 is 1.96 bits per heavy atom. The summed E-state index contributed by atoms with van der Waals surface area (Å²) in [5.74, 6) is 0.143. The van der Waals surface area contributed by atoms with Gasteiger partial charge in [-0.05, 0) is 25.1 Å². The number of urea groups is 1. The van der Waals surface area contributed by atoms with Crippen LogP contribution in [0, 0.1) is 0 Å². The Balaban J connectivity index is 1.91. The Morgan fingerprint density at radius 1 is 1.28 bits per heavy atom. The van der Waals surface area contributed by atoms with Crippen LogP contribution in [0.4, 0.5) is 4.79 Å². The molecule has 0 aliphatic carbocycles. The van der Waals surface area contributed by atoms with Gasteiger partial charge in [0.25, 0.3) is 0 Å². The minimum Gasteiger partial charge on any atom is -0.344 e. The number of nitrogens with one attached hydrogen (secondary N) is 2. The van der Waals surface area contributed by atoms with Crippen LogP contribution in [0.1, 0.15) is 38.3 Å². The minimum absolute atomic E-state index is 0.0197. The topological polar surface area (TPSA) is 64.7 Å². The van der Waals surface area contributed by atoms with Gasteiger partial charge in [-0.15, -0.1) is 0 Å². The average Bonchev–Trinajstić information content (AvgIpc) is 2.62. The summed E-state index contributed by atoms with van der Waals surface area (Å²) in [5.41, 5.74) is 1.20. The largest absolute Gasteiger partial charge is 0.344 e. The summed E-state index contributed by atoms with van der Waals surface area (Å²) < 4.78 is 0. The zero-order valence-electron chi connectivity index (χ0n) is 15.5. The Bertz CT molecular complexity index is 560. The molecule has 6 heteroatoms. The Morgan fingerprint density at radius 3 is 2.56 bits per heavy atom. The summed E-state index contributed by atoms with van der Waals surface area (Å²) in [6.45, 7) is 7.25. The highest BCUT2D eigenvalue weighted by Crippen LogP contribution is 2.19. The van der Waals surface area contributed by atoms with Crippen molar-refractivity contribution in [3.8, 4) is 0 Å². The number of benzene rings is 1. The first-order valence-corrected chi connectivity index (χ1v) is 9.12. The molecular weight excluding hydrogens is 316 g/mol. The Hall–Kier alpha value is -2.08. The molecule has 6 nitrogen and oxygen atoms in total. The summed E-state index contributed by atoms with van der Waals surface area (Å²) >= 11 is 0. The number of carbonyl (C=O) groups is 2. The highest BCUT2D eigenvalue weighted by molar-refractivity contribution is 5.78. The van der Waals surface area contributed by atoms with Gasteiger partial charge in [0.2, 0.25) is 5.91 Å². The van der Waals surface area contributed by atoms with Crippen molar-refractivity contribution in [2.24, 2.45) is 0 Å². The molecule has 2 N–H and O–H groups in total. The molecule has 2 rings (SSSR count). The van der Waals surface area contributed by atoms with E-state index >= 15 is 0 Å². The van der Waals surface area contributed by atoms with E-state index in [1.54, 1.807) is 11.9 Å². The summed E-state index contributed by atoms with van der Waals surface area (Å²) in [5, 5.41) is 6.00. The second kappa shape index (κ2) is 9.42. The summed E-state index contributed by atoms with van der Waals surface area (Å²) in [4.78, 5) is 27.8. The molecule has 0 bridgehead atoms. The van der Waals surface area contributed by atoms with Gasteiger partial charge >= 0.3 is 6.03 Å². The van der Waals surface area contributed by atoms with Crippen molar-refractivity contribution in [3.63, 3.8) is 0 Å². The summed E-state index contributed by atoms with van der Waals surface area (Å²) in [6.07, 6.45) is 1.20. The first kappa shape index (κ1) is 19.2. The van der Waals surface area contributed by atoms with Crippen molar-refractivity contribution in [2.45, 2.75) is 38.8 Å². The van der Waals surface area contributed by atoms with E-state index in [9.17, 15) is 9.59 Å². The Labute approximate surface area is 150 Å². The predicted molar refractivity (Wildman–Crippen MR) is 99.3 cm³/mol. The fraction of sp³-hybridized carbons (Fsp3) is 0.579. The summed E-state index contributed by atoms with van der Waals surface area (Å²) in [7, 11) is 1.78. The molecule has 1 fully saturated rings. The standard InChI is InChI=1S/C19H30N4O2/c1-4-23(5-2)17(15-9-7-6-8-10-15)13-20-19(25)21-16-11-12-18(24)22(3)14-16/h6-10,16-17H,4-5,11-14H2,1-3H3,(H2,20,21,25). The van der Waals surface area contributed by atoms with E-state index in [1.807, 2.05) is 18.2 Å². The Kier molecular flexibility index (Phi) is 7.25. The van der Waals surface area contributed by atoms with E-state index in [-0.39, 0.29) is 24.0 Å². The van der Waals surface area contributed by atoms with Gasteiger partial charge in [0.1, 0.15) is 0 Å². The van der Waals surface area contributed by atoms with Gasteiger partial charge in [0.15, 0.2) is 0 Å². The highest BCUT2D eigenvalue weighted by atomic mass is 16.2. The van der Waals surface area contributed by atoms with E-state index in [0.717, 1.165) is 13.1 Å². The van der Waals surface area contributed by atoms with Crippen LogP contribution in [0.2, 0.25) is 0 Å². The third-order valence-corrected chi connectivity index (χ3v) is 4.86. The van der Waals surface area contributed by atoms with Gasteiger partial charge in [0.05, 0.1) is 6.04 Å². The molecule has 1 aliphatic rings. The number of nitrogens with zero attached hydrogens (tertiary/aromatic N) is 2. The van der Waals surface area contributed by atoms with Crippen LogP contribution >= 0.6 is 0 Å². The van der Waals surface area contributed by atoms with Crippen LogP contribution in [0.3, 0.4) is 0 Å². The maximum atomic E-state index is 12.3. The molecular formula is C19H30N4O2. The van der Waals surface area contributed by atoms with Crippen molar-refractivity contribution in [3.05, 3.63) is 35.9 Å².